The molecule has 108 valence electrons. The predicted molar refractivity (Wildman–Crippen MR) is 74.4 cm³/mol. The maximum atomic E-state index is 11.9. The lowest BCUT2D eigenvalue weighted by molar-refractivity contribution is -0.201. The summed E-state index contributed by atoms with van der Waals surface area (Å²) in [5.74, 6) is -0.885. The third-order valence-corrected chi connectivity index (χ3v) is 2.56. The van der Waals surface area contributed by atoms with Gasteiger partial charge in [-0.15, -0.1) is 6.58 Å². The van der Waals surface area contributed by atoms with E-state index in [1.165, 1.54) is 13.0 Å². The van der Waals surface area contributed by atoms with Crippen molar-refractivity contribution >= 4 is 11.9 Å². The monoisotopic (exact) mass is 277 g/mol. The number of esters is 1. The van der Waals surface area contributed by atoms with Crippen molar-refractivity contribution in [3.63, 3.8) is 0 Å². The molecule has 1 amide bonds. The lowest BCUT2D eigenvalue weighted by atomic mass is 10.2. The summed E-state index contributed by atoms with van der Waals surface area (Å²) in [5.41, 5.74) is 0.884. The Morgan fingerprint density at radius 3 is 2.55 bits per heavy atom. The number of hydroxylamine groups is 2. The van der Waals surface area contributed by atoms with E-state index >= 15 is 0 Å². The van der Waals surface area contributed by atoms with E-state index in [-0.39, 0.29) is 19.1 Å². The summed E-state index contributed by atoms with van der Waals surface area (Å²) in [7, 11) is 0. The Morgan fingerprint density at radius 2 is 2.00 bits per heavy atom. The maximum absolute atomic E-state index is 11.9. The van der Waals surface area contributed by atoms with Crippen molar-refractivity contribution in [2.75, 3.05) is 6.61 Å². The van der Waals surface area contributed by atoms with Crippen molar-refractivity contribution in [3.05, 3.63) is 48.6 Å². The number of ether oxygens (including phenoxy) is 1. The largest absolute Gasteiger partial charge is 0.459 e. The first kappa shape index (κ1) is 15.9. The van der Waals surface area contributed by atoms with Gasteiger partial charge in [-0.1, -0.05) is 36.4 Å². The first-order chi connectivity index (χ1) is 9.56. The summed E-state index contributed by atoms with van der Waals surface area (Å²) in [6, 6.07) is 8.51. The smallest absolute Gasteiger partial charge is 0.331 e. The Hall–Kier alpha value is -2.14. The van der Waals surface area contributed by atoms with Crippen LogP contribution in [-0.2, 0) is 25.8 Å². The quantitative estimate of drug-likeness (QED) is 0.435. The van der Waals surface area contributed by atoms with Gasteiger partial charge in [0.2, 0.25) is 5.91 Å². The highest BCUT2D eigenvalue weighted by Crippen LogP contribution is 2.07. The molecule has 20 heavy (non-hydrogen) atoms. The molecule has 5 heteroatoms. The van der Waals surface area contributed by atoms with Gasteiger partial charge in [-0.05, 0) is 12.5 Å². The normalized spacial score (nSPS) is 11.5. The molecule has 0 unspecified atom stereocenters. The molecule has 1 aromatic rings. The minimum absolute atomic E-state index is 0.149. The molecular weight excluding hydrogens is 258 g/mol. The SMILES string of the molecule is C=CCON(C(C)=O)[C@H](C)C(=O)OCc1ccccc1. The molecule has 0 heterocycles. The van der Waals surface area contributed by atoms with Crippen LogP contribution < -0.4 is 0 Å². The lowest BCUT2D eigenvalue weighted by Crippen LogP contribution is -2.42. The minimum atomic E-state index is -0.809. The molecule has 1 aromatic carbocycles. The molecule has 0 aliphatic rings. The van der Waals surface area contributed by atoms with Crippen molar-refractivity contribution in [1.29, 1.82) is 0 Å². The van der Waals surface area contributed by atoms with Gasteiger partial charge in [-0.25, -0.2) is 9.86 Å². The van der Waals surface area contributed by atoms with E-state index in [0.29, 0.717) is 0 Å². The Balaban J connectivity index is 2.55. The number of hydrogen-bond acceptors (Lipinski definition) is 4. The van der Waals surface area contributed by atoms with Crippen LogP contribution in [0.4, 0.5) is 0 Å². The summed E-state index contributed by atoms with van der Waals surface area (Å²) in [6.07, 6.45) is 1.50. The van der Waals surface area contributed by atoms with Crippen molar-refractivity contribution < 1.29 is 19.2 Å². The zero-order valence-corrected chi connectivity index (χ0v) is 11.7. The molecule has 0 aromatic heterocycles. The molecular formula is C15H19NO4. The van der Waals surface area contributed by atoms with E-state index in [0.717, 1.165) is 10.6 Å². The van der Waals surface area contributed by atoms with Crippen molar-refractivity contribution in [1.82, 2.24) is 5.06 Å². The maximum Gasteiger partial charge on any atom is 0.331 e. The van der Waals surface area contributed by atoms with Gasteiger partial charge in [0.25, 0.3) is 0 Å². The van der Waals surface area contributed by atoms with Gasteiger partial charge in [0, 0.05) is 6.92 Å². The number of carbonyl (C=O) groups is 2. The van der Waals surface area contributed by atoms with Crippen LogP contribution >= 0.6 is 0 Å². The second-order valence-electron chi connectivity index (χ2n) is 4.20. The molecule has 0 spiro atoms. The van der Waals surface area contributed by atoms with Crippen LogP contribution in [0.15, 0.2) is 43.0 Å². The first-order valence-electron chi connectivity index (χ1n) is 6.30. The third kappa shape index (κ3) is 4.85. The zero-order chi connectivity index (χ0) is 15.0. The first-order valence-corrected chi connectivity index (χ1v) is 6.30. The van der Waals surface area contributed by atoms with Gasteiger partial charge < -0.3 is 4.74 Å². The van der Waals surface area contributed by atoms with Crippen LogP contribution in [0.5, 0.6) is 0 Å². The summed E-state index contributed by atoms with van der Waals surface area (Å²) in [4.78, 5) is 28.5. The van der Waals surface area contributed by atoms with Gasteiger partial charge in [0.15, 0.2) is 6.04 Å². The molecule has 0 saturated heterocycles. The van der Waals surface area contributed by atoms with Crippen LogP contribution in [-0.4, -0.2) is 29.6 Å². The molecule has 0 fully saturated rings. The number of carbonyl (C=O) groups excluding carboxylic acids is 2. The van der Waals surface area contributed by atoms with E-state index < -0.39 is 12.0 Å². The molecule has 1 atom stereocenters. The summed E-state index contributed by atoms with van der Waals surface area (Å²) >= 11 is 0. The molecule has 0 bridgehead atoms. The van der Waals surface area contributed by atoms with Crippen LogP contribution in [0.3, 0.4) is 0 Å². The van der Waals surface area contributed by atoms with Crippen molar-refractivity contribution in [2.24, 2.45) is 0 Å². The number of nitrogens with zero attached hydrogens (tertiary/aromatic N) is 1. The van der Waals surface area contributed by atoms with Gasteiger partial charge in [-0.2, -0.15) is 0 Å². The average Bonchev–Trinajstić information content (AvgIpc) is 2.45. The van der Waals surface area contributed by atoms with Crippen LogP contribution in [0.2, 0.25) is 0 Å². The molecule has 0 N–H and O–H groups in total. The van der Waals surface area contributed by atoms with Gasteiger partial charge in [-0.3, -0.25) is 9.63 Å². The standard InChI is InChI=1S/C15H19NO4/c1-4-10-20-16(13(3)17)12(2)15(18)19-11-14-8-6-5-7-9-14/h4-9,12H,1,10-11H2,2-3H3/t12-/m1/s1. The van der Waals surface area contributed by atoms with E-state index in [1.54, 1.807) is 6.92 Å². The fourth-order valence-electron chi connectivity index (χ4n) is 1.55. The third-order valence-electron chi connectivity index (χ3n) is 2.56. The Morgan fingerprint density at radius 1 is 1.35 bits per heavy atom. The highest BCUT2D eigenvalue weighted by atomic mass is 16.7. The van der Waals surface area contributed by atoms with E-state index in [9.17, 15) is 9.59 Å². The van der Waals surface area contributed by atoms with Crippen LogP contribution in [0.25, 0.3) is 0 Å². The molecule has 1 rings (SSSR count). The minimum Gasteiger partial charge on any atom is -0.459 e. The summed E-state index contributed by atoms with van der Waals surface area (Å²) in [5, 5.41) is 0.995. The fraction of sp³-hybridized carbons (Fsp3) is 0.333. The van der Waals surface area contributed by atoms with Crippen LogP contribution in [0, 0.1) is 0 Å². The molecule has 0 saturated carbocycles. The highest BCUT2D eigenvalue weighted by molar-refractivity contribution is 5.82. The second-order valence-corrected chi connectivity index (χ2v) is 4.20. The number of hydrogen-bond donors (Lipinski definition) is 0. The topological polar surface area (TPSA) is 55.8 Å². The number of amides is 1. The lowest BCUT2D eigenvalue weighted by Gasteiger charge is -2.24. The Bertz CT molecular complexity index is 458. The number of rotatable bonds is 7. The second kappa shape index (κ2) is 8.12. The molecule has 0 aliphatic carbocycles. The fourth-order valence-corrected chi connectivity index (χ4v) is 1.55. The summed E-state index contributed by atoms with van der Waals surface area (Å²) in [6.45, 7) is 6.68. The van der Waals surface area contributed by atoms with E-state index in [1.807, 2.05) is 30.3 Å². The van der Waals surface area contributed by atoms with Gasteiger partial charge in [0.05, 0.1) is 6.61 Å². The zero-order valence-electron chi connectivity index (χ0n) is 11.7. The Kier molecular flexibility index (Phi) is 6.46. The number of benzene rings is 1. The van der Waals surface area contributed by atoms with E-state index in [4.69, 9.17) is 9.57 Å². The Labute approximate surface area is 118 Å². The molecule has 0 aliphatic heterocycles. The highest BCUT2D eigenvalue weighted by Gasteiger charge is 2.25. The average molecular weight is 277 g/mol. The van der Waals surface area contributed by atoms with Crippen molar-refractivity contribution in [2.45, 2.75) is 26.5 Å². The van der Waals surface area contributed by atoms with E-state index in [2.05, 4.69) is 6.58 Å². The van der Waals surface area contributed by atoms with Gasteiger partial charge in [0.1, 0.15) is 6.61 Å². The molecule has 0 radical (unpaired) electrons. The van der Waals surface area contributed by atoms with Crippen molar-refractivity contribution in [3.8, 4) is 0 Å². The molecule has 5 nitrogen and oxygen atoms in total. The van der Waals surface area contributed by atoms with Gasteiger partial charge >= 0.3 is 5.97 Å². The summed E-state index contributed by atoms with van der Waals surface area (Å²) < 4.78 is 5.16. The van der Waals surface area contributed by atoms with Crippen LogP contribution in [0.1, 0.15) is 19.4 Å². The predicted octanol–water partition coefficient (Wildman–Crippen LogP) is 2.08.